The highest BCUT2D eigenvalue weighted by Gasteiger charge is 2.12. The van der Waals surface area contributed by atoms with Crippen molar-refractivity contribution >= 4 is 48.9 Å². The van der Waals surface area contributed by atoms with Crippen LogP contribution in [0.3, 0.4) is 0 Å². The number of thiophene rings is 1. The Morgan fingerprint density at radius 3 is 2.35 bits per heavy atom. The van der Waals surface area contributed by atoms with E-state index in [1.54, 1.807) is 22.7 Å². The quantitative estimate of drug-likeness (QED) is 0.0976. The van der Waals surface area contributed by atoms with Crippen LogP contribution in [0.15, 0.2) is 64.8 Å². The van der Waals surface area contributed by atoms with E-state index in [2.05, 4.69) is 47.5 Å². The zero-order valence-corrected chi connectivity index (χ0v) is 23.5. The smallest absolute Gasteiger partial charge is 0.308 e. The van der Waals surface area contributed by atoms with Gasteiger partial charge in [-0.2, -0.15) is 0 Å². The number of hydrogen-bond donors (Lipinski definition) is 0. The summed E-state index contributed by atoms with van der Waals surface area (Å²) < 4.78 is 6.47. The first-order chi connectivity index (χ1) is 18.1. The standard InChI is InChI=1S/C30H35N3O2S2/c1-4-6-7-8-9-22-10-14-24(15-11-22)28-31-29-26(36-28)20-27(37-29)33-32-25-16-12-23(13-17-25)18-19-35-30(34)21(3)5-2/h10-17,20-21H,4-9,18-19H2,1-3H3. The normalized spacial score (nSPS) is 12.4. The molecule has 0 fully saturated rings. The molecule has 0 aliphatic heterocycles. The van der Waals surface area contributed by atoms with Crippen LogP contribution in [0.4, 0.5) is 10.7 Å². The van der Waals surface area contributed by atoms with Gasteiger partial charge < -0.3 is 4.74 Å². The molecule has 37 heavy (non-hydrogen) atoms. The lowest BCUT2D eigenvalue weighted by atomic mass is 10.0. The average molecular weight is 534 g/mol. The van der Waals surface area contributed by atoms with Crippen molar-refractivity contribution in [2.24, 2.45) is 16.1 Å². The summed E-state index contributed by atoms with van der Waals surface area (Å²) in [5, 5.41) is 10.7. The van der Waals surface area contributed by atoms with E-state index < -0.39 is 0 Å². The van der Waals surface area contributed by atoms with Gasteiger partial charge in [0, 0.05) is 12.0 Å². The van der Waals surface area contributed by atoms with Crippen LogP contribution in [-0.2, 0) is 22.4 Å². The van der Waals surface area contributed by atoms with Crippen molar-refractivity contribution in [3.05, 3.63) is 65.7 Å². The molecule has 0 spiro atoms. The number of rotatable bonds is 13. The minimum atomic E-state index is -0.128. The Morgan fingerprint density at radius 2 is 1.65 bits per heavy atom. The Labute approximate surface area is 227 Å². The number of esters is 1. The highest BCUT2D eigenvalue weighted by atomic mass is 32.1. The molecule has 0 saturated carbocycles. The van der Waals surface area contributed by atoms with Gasteiger partial charge in [0.25, 0.3) is 0 Å². The van der Waals surface area contributed by atoms with Gasteiger partial charge in [0.2, 0.25) is 0 Å². The van der Waals surface area contributed by atoms with Gasteiger partial charge in [0.1, 0.15) is 14.8 Å². The number of fused-ring (bicyclic) bond motifs is 1. The van der Waals surface area contributed by atoms with Gasteiger partial charge in [0.05, 0.1) is 22.9 Å². The van der Waals surface area contributed by atoms with E-state index in [4.69, 9.17) is 9.72 Å². The van der Waals surface area contributed by atoms with Gasteiger partial charge in [-0.3, -0.25) is 4.79 Å². The highest BCUT2D eigenvalue weighted by Crippen LogP contribution is 2.39. The molecule has 0 N–H and O–H groups in total. The van der Waals surface area contributed by atoms with Gasteiger partial charge in [-0.15, -0.1) is 21.6 Å². The van der Waals surface area contributed by atoms with Crippen molar-refractivity contribution in [2.75, 3.05) is 6.61 Å². The summed E-state index contributed by atoms with van der Waals surface area (Å²) in [6, 6.07) is 18.8. The molecule has 4 aromatic rings. The lowest BCUT2D eigenvalue weighted by Crippen LogP contribution is -2.15. The van der Waals surface area contributed by atoms with Crippen LogP contribution < -0.4 is 0 Å². The number of azo groups is 1. The highest BCUT2D eigenvalue weighted by molar-refractivity contribution is 7.30. The number of nitrogens with zero attached hydrogens (tertiary/aromatic N) is 3. The molecule has 0 aliphatic rings. The molecule has 0 aliphatic carbocycles. The van der Waals surface area contributed by atoms with E-state index in [0.29, 0.717) is 13.0 Å². The predicted octanol–water partition coefficient (Wildman–Crippen LogP) is 9.69. The molecule has 7 heteroatoms. The molecule has 0 saturated heterocycles. The maximum absolute atomic E-state index is 11.8. The summed E-state index contributed by atoms with van der Waals surface area (Å²) in [6.45, 7) is 6.52. The summed E-state index contributed by atoms with van der Waals surface area (Å²) in [6.07, 6.45) is 7.80. The molecule has 1 atom stereocenters. The maximum atomic E-state index is 11.8. The SMILES string of the molecule is CCCCCCc1ccc(-c2nc3sc(N=Nc4ccc(CCOC(=O)C(C)CC)cc4)cc3s2)cc1. The number of aromatic nitrogens is 1. The number of unbranched alkanes of at least 4 members (excludes halogenated alkanes) is 3. The van der Waals surface area contributed by atoms with Crippen LogP contribution in [-0.4, -0.2) is 17.6 Å². The lowest BCUT2D eigenvalue weighted by Gasteiger charge is -2.09. The van der Waals surface area contributed by atoms with Crippen molar-refractivity contribution in [1.29, 1.82) is 0 Å². The lowest BCUT2D eigenvalue weighted by molar-refractivity contribution is -0.147. The molecule has 1 unspecified atom stereocenters. The van der Waals surface area contributed by atoms with Gasteiger partial charge in [-0.1, -0.05) is 87.8 Å². The Balaban J connectivity index is 1.30. The first-order valence-electron chi connectivity index (χ1n) is 13.2. The van der Waals surface area contributed by atoms with Crippen molar-refractivity contribution in [3.63, 3.8) is 0 Å². The molecule has 5 nitrogen and oxygen atoms in total. The second-order valence-corrected chi connectivity index (χ2v) is 11.4. The number of carbonyl (C=O) groups excluding carboxylic acids is 1. The molecule has 2 aromatic carbocycles. The van der Waals surface area contributed by atoms with Crippen molar-refractivity contribution < 1.29 is 9.53 Å². The van der Waals surface area contributed by atoms with E-state index in [1.165, 1.54) is 36.8 Å². The number of carbonyl (C=O) groups is 1. The molecular weight excluding hydrogens is 498 g/mol. The van der Waals surface area contributed by atoms with Gasteiger partial charge >= 0.3 is 5.97 Å². The van der Waals surface area contributed by atoms with Crippen LogP contribution in [0, 0.1) is 5.92 Å². The summed E-state index contributed by atoms with van der Waals surface area (Å²) in [5.74, 6) is -0.176. The Hall–Kier alpha value is -2.90. The summed E-state index contributed by atoms with van der Waals surface area (Å²) in [7, 11) is 0. The van der Waals surface area contributed by atoms with E-state index in [-0.39, 0.29) is 11.9 Å². The molecule has 194 valence electrons. The van der Waals surface area contributed by atoms with Gasteiger partial charge in [-0.25, -0.2) is 4.98 Å². The average Bonchev–Trinajstić information content (AvgIpc) is 3.50. The first kappa shape index (κ1) is 27.1. The Morgan fingerprint density at radius 1 is 0.919 bits per heavy atom. The zero-order chi connectivity index (χ0) is 26.0. The predicted molar refractivity (Wildman–Crippen MR) is 156 cm³/mol. The minimum Gasteiger partial charge on any atom is -0.465 e. The number of aryl methyl sites for hydroxylation is 1. The molecule has 2 heterocycles. The number of ether oxygens (including phenoxy) is 1. The van der Waals surface area contributed by atoms with E-state index in [1.807, 2.05) is 38.1 Å². The summed E-state index contributed by atoms with van der Waals surface area (Å²) in [4.78, 5) is 17.6. The van der Waals surface area contributed by atoms with Crippen LogP contribution in [0.25, 0.3) is 20.1 Å². The second kappa shape index (κ2) is 13.6. The number of thiazole rings is 1. The van der Waals surface area contributed by atoms with Crippen LogP contribution in [0.1, 0.15) is 64.0 Å². The molecular formula is C30H35N3O2S2. The molecule has 0 bridgehead atoms. The minimum absolute atomic E-state index is 0.0476. The van der Waals surface area contributed by atoms with Crippen molar-refractivity contribution in [2.45, 2.75) is 65.7 Å². The fraction of sp³-hybridized carbons (Fsp3) is 0.400. The van der Waals surface area contributed by atoms with E-state index in [0.717, 1.165) is 43.6 Å². The second-order valence-electron chi connectivity index (χ2n) is 9.37. The topological polar surface area (TPSA) is 63.9 Å². The summed E-state index contributed by atoms with van der Waals surface area (Å²) in [5.41, 5.74) is 4.47. The first-order valence-corrected chi connectivity index (χ1v) is 14.9. The Bertz CT molecular complexity index is 1280. The molecule has 4 rings (SSSR count). The number of hydrogen-bond acceptors (Lipinski definition) is 7. The van der Waals surface area contributed by atoms with E-state index in [9.17, 15) is 4.79 Å². The van der Waals surface area contributed by atoms with Crippen molar-refractivity contribution in [3.8, 4) is 10.6 Å². The van der Waals surface area contributed by atoms with Gasteiger partial charge in [0.15, 0.2) is 0 Å². The third kappa shape index (κ3) is 7.79. The van der Waals surface area contributed by atoms with Crippen LogP contribution in [0.5, 0.6) is 0 Å². The van der Waals surface area contributed by atoms with Crippen molar-refractivity contribution in [1.82, 2.24) is 4.98 Å². The van der Waals surface area contributed by atoms with Gasteiger partial charge in [-0.05, 0) is 48.6 Å². The summed E-state index contributed by atoms with van der Waals surface area (Å²) >= 11 is 3.26. The fourth-order valence-electron chi connectivity index (χ4n) is 3.88. The molecule has 0 amide bonds. The molecule has 0 radical (unpaired) electrons. The third-order valence-corrected chi connectivity index (χ3v) is 8.54. The Kier molecular flexibility index (Phi) is 9.97. The number of benzene rings is 2. The zero-order valence-electron chi connectivity index (χ0n) is 21.9. The molecule has 2 aromatic heterocycles. The van der Waals surface area contributed by atoms with Crippen LogP contribution in [0.2, 0.25) is 0 Å². The maximum Gasteiger partial charge on any atom is 0.308 e. The monoisotopic (exact) mass is 533 g/mol. The fourth-order valence-corrected chi connectivity index (χ4v) is 5.92. The largest absolute Gasteiger partial charge is 0.465 e. The van der Waals surface area contributed by atoms with Crippen LogP contribution >= 0.6 is 22.7 Å². The third-order valence-electron chi connectivity index (χ3n) is 6.45. The van der Waals surface area contributed by atoms with E-state index >= 15 is 0 Å².